The number of benzene rings is 2. The van der Waals surface area contributed by atoms with Crippen molar-refractivity contribution in [2.24, 2.45) is 0 Å². The molecule has 2 aromatic heterocycles. The number of nitrogens with zero attached hydrogens (tertiary/aromatic N) is 3. The second-order valence-electron chi connectivity index (χ2n) is 5.62. The van der Waals surface area contributed by atoms with Gasteiger partial charge in [0.25, 0.3) is 0 Å². The number of para-hydroxylation sites is 1. The highest BCUT2D eigenvalue weighted by Gasteiger charge is 2.09. The average molecular weight is 335 g/mol. The molecule has 0 unspecified atom stereocenters. The van der Waals surface area contributed by atoms with E-state index >= 15 is 0 Å². The third-order valence-corrected chi connectivity index (χ3v) is 4.01. The first-order valence-electron chi connectivity index (χ1n) is 7.94. The fraction of sp³-hybridized carbons (Fsp3) is 0.158. The Morgan fingerprint density at radius 3 is 2.88 bits per heavy atom. The van der Waals surface area contributed by atoms with Crippen LogP contribution in [0, 0.1) is 0 Å². The van der Waals surface area contributed by atoms with Gasteiger partial charge in [0.15, 0.2) is 0 Å². The smallest absolute Gasteiger partial charge is 0.141 e. The second kappa shape index (κ2) is 6.41. The predicted molar refractivity (Wildman–Crippen MR) is 95.4 cm³/mol. The summed E-state index contributed by atoms with van der Waals surface area (Å²) in [5.74, 6) is 1.61. The quantitative estimate of drug-likeness (QED) is 0.567. The maximum Gasteiger partial charge on any atom is 0.141 e. The summed E-state index contributed by atoms with van der Waals surface area (Å²) in [5.41, 5.74) is 2.30. The number of imidazole rings is 1. The molecule has 0 aliphatic rings. The number of aromatic nitrogens is 3. The molecule has 0 bridgehead atoms. The van der Waals surface area contributed by atoms with Crippen LogP contribution >= 0.6 is 0 Å². The minimum atomic E-state index is 0.164. The molecule has 4 aromatic rings. The van der Waals surface area contributed by atoms with Crippen molar-refractivity contribution in [3.05, 3.63) is 54.9 Å². The lowest BCUT2D eigenvalue weighted by molar-refractivity contribution is 0.146. The highest BCUT2D eigenvalue weighted by molar-refractivity contribution is 5.85. The molecule has 0 aliphatic carbocycles. The molecule has 0 fully saturated rings. The molecular weight excluding hydrogens is 318 g/mol. The van der Waals surface area contributed by atoms with E-state index in [-0.39, 0.29) is 5.75 Å². The first kappa shape index (κ1) is 15.4. The number of hydrogen-bond donors (Lipinski definition) is 1. The maximum atomic E-state index is 10.0. The summed E-state index contributed by atoms with van der Waals surface area (Å²) in [4.78, 5) is 9.01. The fourth-order valence-corrected chi connectivity index (χ4v) is 2.76. The molecule has 0 spiro atoms. The molecule has 25 heavy (non-hydrogen) atoms. The Morgan fingerprint density at radius 1 is 1.08 bits per heavy atom. The van der Waals surface area contributed by atoms with E-state index in [0.717, 1.165) is 22.2 Å². The normalized spacial score (nSPS) is 11.2. The Bertz CT molecular complexity index is 1040. The number of aromatic hydroxyl groups is 1. The molecule has 0 radical (unpaired) electrons. The molecule has 0 saturated heterocycles. The molecule has 2 aromatic carbocycles. The van der Waals surface area contributed by atoms with Gasteiger partial charge in [0.1, 0.15) is 35.8 Å². The van der Waals surface area contributed by atoms with Gasteiger partial charge in [0, 0.05) is 18.6 Å². The monoisotopic (exact) mass is 335 g/mol. The third-order valence-electron chi connectivity index (χ3n) is 4.01. The molecular formula is C19H17N3O3. The molecule has 126 valence electrons. The minimum Gasteiger partial charge on any atom is -0.506 e. The number of rotatable bonds is 5. The molecule has 0 amide bonds. The van der Waals surface area contributed by atoms with Crippen LogP contribution in [0.2, 0.25) is 0 Å². The van der Waals surface area contributed by atoms with Crippen molar-refractivity contribution in [1.29, 1.82) is 0 Å². The zero-order valence-corrected chi connectivity index (χ0v) is 13.7. The zero-order chi connectivity index (χ0) is 17.2. The van der Waals surface area contributed by atoms with Gasteiger partial charge in [-0.3, -0.25) is 4.57 Å². The molecule has 1 N–H and O–H groups in total. The molecule has 0 saturated carbocycles. The highest BCUT2D eigenvalue weighted by atomic mass is 16.5. The van der Waals surface area contributed by atoms with Crippen molar-refractivity contribution in [2.75, 3.05) is 20.3 Å². The van der Waals surface area contributed by atoms with Crippen molar-refractivity contribution in [3.63, 3.8) is 0 Å². The lowest BCUT2D eigenvalue weighted by Gasteiger charge is -2.07. The molecule has 4 rings (SSSR count). The predicted octanol–water partition coefficient (Wildman–Crippen LogP) is 3.30. The van der Waals surface area contributed by atoms with E-state index in [1.807, 2.05) is 41.0 Å². The van der Waals surface area contributed by atoms with Crippen LogP contribution in [0.5, 0.6) is 11.5 Å². The number of hydrogen-bond acceptors (Lipinski definition) is 5. The summed E-state index contributed by atoms with van der Waals surface area (Å²) >= 11 is 0. The van der Waals surface area contributed by atoms with Crippen molar-refractivity contribution in [1.82, 2.24) is 14.5 Å². The summed E-state index contributed by atoms with van der Waals surface area (Å²) in [7, 11) is 1.64. The van der Waals surface area contributed by atoms with Gasteiger partial charge < -0.3 is 14.6 Å². The van der Waals surface area contributed by atoms with Gasteiger partial charge in [-0.15, -0.1) is 0 Å². The maximum absolute atomic E-state index is 10.0. The van der Waals surface area contributed by atoms with E-state index < -0.39 is 0 Å². The van der Waals surface area contributed by atoms with Gasteiger partial charge in [-0.2, -0.15) is 0 Å². The molecule has 0 aliphatic heterocycles. The Morgan fingerprint density at radius 2 is 2.00 bits per heavy atom. The highest BCUT2D eigenvalue weighted by Crippen LogP contribution is 2.26. The topological polar surface area (TPSA) is 69.4 Å². The number of phenols is 1. The van der Waals surface area contributed by atoms with Crippen LogP contribution in [0.3, 0.4) is 0 Å². The van der Waals surface area contributed by atoms with Gasteiger partial charge in [0.05, 0.1) is 17.6 Å². The van der Waals surface area contributed by atoms with E-state index in [1.165, 1.54) is 0 Å². The largest absolute Gasteiger partial charge is 0.506 e. The van der Waals surface area contributed by atoms with Crippen LogP contribution in [-0.2, 0) is 4.74 Å². The van der Waals surface area contributed by atoms with E-state index in [1.54, 1.807) is 25.6 Å². The number of phenolic OH excluding ortho intramolecular Hbond substituents is 1. The number of fused-ring (bicyclic) bond motifs is 2. The first-order valence-corrected chi connectivity index (χ1v) is 7.94. The summed E-state index contributed by atoms with van der Waals surface area (Å²) < 4.78 is 12.5. The number of methoxy groups -OCH3 is 1. The van der Waals surface area contributed by atoms with Crippen LogP contribution in [0.1, 0.15) is 0 Å². The Hall–Kier alpha value is -3.12. The second-order valence-corrected chi connectivity index (χ2v) is 5.62. The molecule has 6 nitrogen and oxygen atoms in total. The van der Waals surface area contributed by atoms with Crippen LogP contribution < -0.4 is 4.74 Å². The first-order chi connectivity index (χ1) is 12.3. The molecule has 6 heteroatoms. The zero-order valence-electron chi connectivity index (χ0n) is 13.7. The lowest BCUT2D eigenvalue weighted by atomic mass is 10.2. The van der Waals surface area contributed by atoms with Crippen molar-refractivity contribution in [2.45, 2.75) is 0 Å². The van der Waals surface area contributed by atoms with Crippen molar-refractivity contribution >= 4 is 21.9 Å². The summed E-state index contributed by atoms with van der Waals surface area (Å²) in [6.45, 7) is 1.03. The Balaban J connectivity index is 1.73. The fourth-order valence-electron chi connectivity index (χ4n) is 2.76. The number of pyridine rings is 1. The van der Waals surface area contributed by atoms with Gasteiger partial charge >= 0.3 is 0 Å². The van der Waals surface area contributed by atoms with Crippen LogP contribution in [0.15, 0.2) is 54.9 Å². The van der Waals surface area contributed by atoms with Crippen LogP contribution in [-0.4, -0.2) is 40.0 Å². The van der Waals surface area contributed by atoms with Crippen molar-refractivity contribution < 1.29 is 14.6 Å². The Labute approximate surface area is 144 Å². The average Bonchev–Trinajstić information content (AvgIpc) is 3.05. The van der Waals surface area contributed by atoms with E-state index in [4.69, 9.17) is 9.47 Å². The minimum absolute atomic E-state index is 0.164. The van der Waals surface area contributed by atoms with Crippen molar-refractivity contribution in [3.8, 4) is 17.3 Å². The van der Waals surface area contributed by atoms with Gasteiger partial charge in [0.2, 0.25) is 0 Å². The van der Waals surface area contributed by atoms with Crippen LogP contribution in [0.25, 0.3) is 27.8 Å². The number of ether oxygens (including phenoxy) is 2. The van der Waals surface area contributed by atoms with E-state index in [2.05, 4.69) is 9.97 Å². The lowest BCUT2D eigenvalue weighted by Crippen LogP contribution is -2.04. The molecule has 0 atom stereocenters. The van der Waals surface area contributed by atoms with Crippen LogP contribution in [0.4, 0.5) is 0 Å². The third kappa shape index (κ3) is 2.88. The summed E-state index contributed by atoms with van der Waals surface area (Å²) in [6, 6.07) is 14.9. The standard InChI is InChI=1S/C19H17N3O3/c1-24-9-10-25-14-6-7-16-15(11-14)20-12-22(16)18-8-5-13-3-2-4-17(23)19(13)21-18/h2-8,11-12,23H,9-10H2,1H3. The van der Waals surface area contributed by atoms with E-state index in [9.17, 15) is 5.11 Å². The summed E-state index contributed by atoms with van der Waals surface area (Å²) in [6.07, 6.45) is 1.72. The van der Waals surface area contributed by atoms with E-state index in [0.29, 0.717) is 24.5 Å². The van der Waals surface area contributed by atoms with Gasteiger partial charge in [-0.25, -0.2) is 9.97 Å². The Kier molecular flexibility index (Phi) is 3.95. The molecule has 2 heterocycles. The SMILES string of the molecule is COCCOc1ccc2c(c1)ncn2-c1ccc2cccc(O)c2n1. The van der Waals surface area contributed by atoms with Gasteiger partial charge in [-0.05, 0) is 30.3 Å². The van der Waals surface area contributed by atoms with Gasteiger partial charge in [-0.1, -0.05) is 12.1 Å². The summed E-state index contributed by atoms with van der Waals surface area (Å²) in [5, 5.41) is 10.9.